The Balaban J connectivity index is 2.58. The van der Waals surface area contributed by atoms with Gasteiger partial charge in [0.15, 0.2) is 11.5 Å². The average Bonchev–Trinajstić information content (AvgIpc) is 2.62. The van der Waals surface area contributed by atoms with Crippen LogP contribution in [-0.4, -0.2) is 41.8 Å². The zero-order valence-electron chi connectivity index (χ0n) is 15.7. The monoisotopic (exact) mass is 412 g/mol. The fourth-order valence-electron chi connectivity index (χ4n) is 2.41. The summed E-state index contributed by atoms with van der Waals surface area (Å²) < 4.78 is 35.5. The Morgan fingerprint density at radius 2 is 1.70 bits per heavy atom. The van der Waals surface area contributed by atoms with Gasteiger partial charge >= 0.3 is 0 Å². The molecule has 146 valence electrons. The molecule has 0 spiro atoms. The summed E-state index contributed by atoms with van der Waals surface area (Å²) in [6, 6.07) is 7.99. The van der Waals surface area contributed by atoms with E-state index in [1.165, 1.54) is 33.4 Å². The fraction of sp³-hybridized carbons (Fsp3) is 0.278. The minimum absolute atomic E-state index is 0.111. The predicted octanol–water partition coefficient (Wildman–Crippen LogP) is 3.31. The molecule has 0 bridgehead atoms. The summed E-state index contributed by atoms with van der Waals surface area (Å²) >= 11 is 6.00. The summed E-state index contributed by atoms with van der Waals surface area (Å²) in [6.45, 7) is 1.82. The molecular weight excluding hydrogens is 392 g/mol. The van der Waals surface area contributed by atoms with Crippen molar-refractivity contribution in [2.45, 2.75) is 6.92 Å². The summed E-state index contributed by atoms with van der Waals surface area (Å²) in [5.74, 6) is 0.0985. The molecule has 0 unspecified atom stereocenters. The van der Waals surface area contributed by atoms with Gasteiger partial charge in [-0.15, -0.1) is 0 Å². The molecule has 27 heavy (non-hydrogen) atoms. The first-order valence-corrected chi connectivity index (χ1v) is 10.1. The first kappa shape index (κ1) is 20.9. The number of sulfonamides is 1. The largest absolute Gasteiger partial charge is 0.493 e. The standard InChI is InChI=1S/C18H21ClN2O5S/c1-11-6-7-12(19)8-14(11)20-18(22)13-9-16(25-3)17(26-4)10-15(13)21(2)27(5,23)24/h6-10H,1-5H3,(H,20,22). The number of hydrogen-bond acceptors (Lipinski definition) is 5. The maximum atomic E-state index is 12.9. The summed E-state index contributed by atoms with van der Waals surface area (Å²) in [5.41, 5.74) is 1.61. The van der Waals surface area contributed by atoms with Gasteiger partial charge < -0.3 is 14.8 Å². The molecule has 0 aliphatic rings. The highest BCUT2D eigenvalue weighted by atomic mass is 35.5. The van der Waals surface area contributed by atoms with Crippen LogP contribution in [0, 0.1) is 6.92 Å². The number of aryl methyl sites for hydroxylation is 1. The quantitative estimate of drug-likeness (QED) is 0.786. The van der Waals surface area contributed by atoms with Gasteiger partial charge in [0.1, 0.15) is 0 Å². The Morgan fingerprint density at radius 3 is 2.26 bits per heavy atom. The lowest BCUT2D eigenvalue weighted by molar-refractivity contribution is 0.102. The number of carbonyl (C=O) groups excluding carboxylic acids is 1. The van der Waals surface area contributed by atoms with Gasteiger partial charge in [-0.3, -0.25) is 9.10 Å². The third-order valence-corrected chi connectivity index (χ3v) is 5.46. The van der Waals surface area contributed by atoms with Gasteiger partial charge in [-0.05, 0) is 30.7 Å². The fourth-order valence-corrected chi connectivity index (χ4v) is 3.09. The van der Waals surface area contributed by atoms with E-state index in [0.717, 1.165) is 16.1 Å². The van der Waals surface area contributed by atoms with Crippen molar-refractivity contribution in [3.63, 3.8) is 0 Å². The number of halogens is 1. The third-order valence-electron chi connectivity index (χ3n) is 4.03. The normalized spacial score (nSPS) is 11.0. The Hall–Kier alpha value is -2.45. The molecule has 9 heteroatoms. The summed E-state index contributed by atoms with van der Waals surface area (Å²) in [4.78, 5) is 12.9. The lowest BCUT2D eigenvalue weighted by atomic mass is 10.1. The molecule has 0 aliphatic heterocycles. The van der Waals surface area contributed by atoms with Crippen LogP contribution in [0.2, 0.25) is 5.02 Å². The second kappa shape index (κ2) is 8.06. The molecule has 7 nitrogen and oxygen atoms in total. The van der Waals surface area contributed by atoms with Gasteiger partial charge in [0.25, 0.3) is 5.91 Å². The highest BCUT2D eigenvalue weighted by Crippen LogP contribution is 2.36. The second-order valence-electron chi connectivity index (χ2n) is 5.87. The van der Waals surface area contributed by atoms with Crippen molar-refractivity contribution < 1.29 is 22.7 Å². The molecule has 1 N–H and O–H groups in total. The molecular formula is C18H21ClN2O5S. The number of carbonyl (C=O) groups is 1. The maximum absolute atomic E-state index is 12.9. The molecule has 0 atom stereocenters. The number of hydrogen-bond donors (Lipinski definition) is 1. The van der Waals surface area contributed by atoms with Crippen LogP contribution < -0.4 is 19.1 Å². The van der Waals surface area contributed by atoms with Gasteiger partial charge in [0.2, 0.25) is 10.0 Å². The number of ether oxygens (including phenoxy) is 2. The van der Waals surface area contributed by atoms with Crippen molar-refractivity contribution in [1.82, 2.24) is 0 Å². The van der Waals surface area contributed by atoms with Crippen molar-refractivity contribution in [3.05, 3.63) is 46.5 Å². The van der Waals surface area contributed by atoms with Crippen LogP contribution in [0.1, 0.15) is 15.9 Å². The van der Waals surface area contributed by atoms with E-state index in [0.29, 0.717) is 22.2 Å². The van der Waals surface area contributed by atoms with E-state index in [1.807, 2.05) is 6.92 Å². The molecule has 2 rings (SSSR count). The summed E-state index contributed by atoms with van der Waals surface area (Å²) in [5, 5.41) is 3.23. The van der Waals surface area contributed by atoms with Crippen LogP contribution in [0.15, 0.2) is 30.3 Å². The molecule has 0 heterocycles. The highest BCUT2D eigenvalue weighted by molar-refractivity contribution is 7.92. The van der Waals surface area contributed by atoms with Crippen LogP contribution >= 0.6 is 11.6 Å². The van der Waals surface area contributed by atoms with Crippen LogP contribution in [-0.2, 0) is 10.0 Å². The lowest BCUT2D eigenvalue weighted by Crippen LogP contribution is -2.28. The Kier molecular flexibility index (Phi) is 6.22. The van der Waals surface area contributed by atoms with Crippen LogP contribution in [0.25, 0.3) is 0 Å². The first-order valence-electron chi connectivity index (χ1n) is 7.86. The zero-order valence-corrected chi connectivity index (χ0v) is 17.2. The minimum Gasteiger partial charge on any atom is -0.493 e. The number of benzene rings is 2. The molecule has 0 fully saturated rings. The van der Waals surface area contributed by atoms with Gasteiger partial charge in [-0.1, -0.05) is 17.7 Å². The molecule has 2 aromatic carbocycles. The van der Waals surface area contributed by atoms with E-state index >= 15 is 0 Å². The first-order chi connectivity index (χ1) is 12.6. The van der Waals surface area contributed by atoms with Gasteiger partial charge in [0.05, 0.1) is 31.7 Å². The van der Waals surface area contributed by atoms with E-state index < -0.39 is 15.9 Å². The third kappa shape index (κ3) is 4.64. The van der Waals surface area contributed by atoms with Crippen LogP contribution in [0.3, 0.4) is 0 Å². The van der Waals surface area contributed by atoms with E-state index in [1.54, 1.807) is 18.2 Å². The maximum Gasteiger partial charge on any atom is 0.257 e. The van der Waals surface area contributed by atoms with E-state index in [9.17, 15) is 13.2 Å². The smallest absolute Gasteiger partial charge is 0.257 e. The second-order valence-corrected chi connectivity index (χ2v) is 8.32. The van der Waals surface area contributed by atoms with Gasteiger partial charge in [0, 0.05) is 23.8 Å². The number of anilines is 2. The molecule has 2 aromatic rings. The number of amides is 1. The topological polar surface area (TPSA) is 84.9 Å². The Bertz CT molecular complexity index is 976. The average molecular weight is 413 g/mol. The van der Waals surface area contributed by atoms with Crippen molar-refractivity contribution in [1.29, 1.82) is 0 Å². The summed E-state index contributed by atoms with van der Waals surface area (Å²) in [7, 11) is 0.610. The van der Waals surface area contributed by atoms with E-state index in [-0.39, 0.29) is 11.3 Å². The molecule has 0 saturated carbocycles. The Labute approximate surface area is 163 Å². The van der Waals surface area contributed by atoms with Gasteiger partial charge in [-0.2, -0.15) is 0 Å². The number of rotatable bonds is 6. The number of nitrogens with one attached hydrogen (secondary N) is 1. The van der Waals surface area contributed by atoms with Crippen LogP contribution in [0.4, 0.5) is 11.4 Å². The van der Waals surface area contributed by atoms with Crippen molar-refractivity contribution in [2.75, 3.05) is 37.1 Å². The van der Waals surface area contributed by atoms with Crippen molar-refractivity contribution in [2.24, 2.45) is 0 Å². The van der Waals surface area contributed by atoms with E-state index in [2.05, 4.69) is 5.32 Å². The van der Waals surface area contributed by atoms with Gasteiger partial charge in [-0.25, -0.2) is 8.42 Å². The van der Waals surface area contributed by atoms with Crippen LogP contribution in [0.5, 0.6) is 11.5 Å². The SMILES string of the molecule is COc1cc(C(=O)Nc2cc(Cl)ccc2C)c(N(C)S(C)(=O)=O)cc1OC. The number of methoxy groups -OCH3 is 2. The number of nitrogens with zero attached hydrogens (tertiary/aromatic N) is 1. The zero-order chi connectivity index (χ0) is 20.4. The molecule has 0 aliphatic carbocycles. The molecule has 0 radical (unpaired) electrons. The lowest BCUT2D eigenvalue weighted by Gasteiger charge is -2.22. The minimum atomic E-state index is -3.61. The van der Waals surface area contributed by atoms with E-state index in [4.69, 9.17) is 21.1 Å². The summed E-state index contributed by atoms with van der Waals surface area (Å²) in [6.07, 6.45) is 1.05. The Morgan fingerprint density at radius 1 is 1.11 bits per heavy atom. The highest BCUT2D eigenvalue weighted by Gasteiger charge is 2.24. The predicted molar refractivity (Wildman–Crippen MR) is 107 cm³/mol. The van der Waals surface area contributed by atoms with Crippen molar-refractivity contribution in [3.8, 4) is 11.5 Å². The molecule has 0 saturated heterocycles. The molecule has 0 aromatic heterocycles. The van der Waals surface area contributed by atoms with Crippen molar-refractivity contribution >= 4 is 38.9 Å². The molecule has 1 amide bonds.